The third kappa shape index (κ3) is 4.52. The monoisotopic (exact) mass is 326 g/mol. The van der Waals surface area contributed by atoms with Crippen molar-refractivity contribution in [2.45, 2.75) is 38.3 Å². The third-order valence-corrected chi connectivity index (χ3v) is 4.01. The summed E-state index contributed by atoms with van der Waals surface area (Å²) in [4.78, 5) is 13.9. The van der Waals surface area contributed by atoms with Gasteiger partial charge < -0.3 is 20.1 Å². The number of urea groups is 1. The first-order valence-electron chi connectivity index (χ1n) is 7.59. The van der Waals surface area contributed by atoms with E-state index in [0.29, 0.717) is 24.6 Å². The average molecular weight is 327 g/mol. The Labute approximate surface area is 136 Å². The molecule has 0 bridgehead atoms. The van der Waals surface area contributed by atoms with Crippen molar-refractivity contribution >= 4 is 17.6 Å². The Morgan fingerprint density at radius 3 is 3.09 bits per heavy atom. The van der Waals surface area contributed by atoms with Crippen LogP contribution in [0.1, 0.15) is 37.8 Å². The summed E-state index contributed by atoms with van der Waals surface area (Å²) in [6.07, 6.45) is 1.84. The predicted octanol–water partition coefficient (Wildman–Crippen LogP) is 2.97. The highest BCUT2D eigenvalue weighted by Crippen LogP contribution is 2.33. The highest BCUT2D eigenvalue weighted by Gasteiger charge is 2.23. The quantitative estimate of drug-likeness (QED) is 0.894. The van der Waals surface area contributed by atoms with Gasteiger partial charge in [-0.25, -0.2) is 4.79 Å². The normalized spacial score (nSPS) is 18.6. The number of halogens is 1. The van der Waals surface area contributed by atoms with Gasteiger partial charge in [0.25, 0.3) is 0 Å². The van der Waals surface area contributed by atoms with Crippen molar-refractivity contribution in [3.05, 3.63) is 28.8 Å². The van der Waals surface area contributed by atoms with Gasteiger partial charge in [0.15, 0.2) is 0 Å². The van der Waals surface area contributed by atoms with Crippen LogP contribution in [0.3, 0.4) is 0 Å². The van der Waals surface area contributed by atoms with Crippen LogP contribution >= 0.6 is 11.6 Å². The zero-order chi connectivity index (χ0) is 16.1. The molecule has 1 aliphatic heterocycles. The topological polar surface area (TPSA) is 61.8 Å². The lowest BCUT2D eigenvalue weighted by Crippen LogP contribution is -2.40. The van der Waals surface area contributed by atoms with Crippen molar-refractivity contribution < 1.29 is 14.6 Å². The van der Waals surface area contributed by atoms with Crippen molar-refractivity contribution in [3.8, 4) is 5.75 Å². The van der Waals surface area contributed by atoms with Crippen LogP contribution in [0.2, 0.25) is 5.02 Å². The number of rotatable bonds is 4. The summed E-state index contributed by atoms with van der Waals surface area (Å²) in [5.74, 6) is 0.738. The van der Waals surface area contributed by atoms with Crippen molar-refractivity contribution in [2.75, 3.05) is 20.2 Å². The third-order valence-electron chi connectivity index (χ3n) is 3.77. The zero-order valence-corrected chi connectivity index (χ0v) is 13.8. The minimum atomic E-state index is -0.413. The standard InChI is InChI=1S/C16H23ClN2O3/c1-11(20)7-8-19(2)16(21)18-14-4-3-9-22-15-10-12(17)5-6-13(14)15/h5-6,10-11,14,20H,3-4,7-9H2,1-2H3,(H,18,21). The number of carbonyl (C=O) groups excluding carboxylic acids is 1. The lowest BCUT2D eigenvalue weighted by molar-refractivity contribution is 0.162. The van der Waals surface area contributed by atoms with Crippen molar-refractivity contribution in [1.29, 1.82) is 0 Å². The van der Waals surface area contributed by atoms with Crippen LogP contribution in [-0.4, -0.2) is 42.3 Å². The van der Waals surface area contributed by atoms with Crippen LogP contribution in [0.15, 0.2) is 18.2 Å². The maximum absolute atomic E-state index is 12.3. The molecule has 5 nitrogen and oxygen atoms in total. The Balaban J connectivity index is 2.04. The summed E-state index contributed by atoms with van der Waals surface area (Å²) in [7, 11) is 1.73. The van der Waals surface area contributed by atoms with E-state index in [1.807, 2.05) is 12.1 Å². The van der Waals surface area contributed by atoms with Gasteiger partial charge in [0.1, 0.15) is 5.75 Å². The molecule has 0 saturated carbocycles. The van der Waals surface area contributed by atoms with Crippen molar-refractivity contribution in [3.63, 3.8) is 0 Å². The molecule has 1 aromatic rings. The van der Waals surface area contributed by atoms with E-state index in [1.165, 1.54) is 0 Å². The zero-order valence-electron chi connectivity index (χ0n) is 13.0. The number of carbonyl (C=O) groups is 1. The molecule has 1 heterocycles. The van der Waals surface area contributed by atoms with Gasteiger partial charge >= 0.3 is 6.03 Å². The minimum absolute atomic E-state index is 0.0868. The summed E-state index contributed by atoms with van der Waals surface area (Å²) in [6, 6.07) is 5.28. The van der Waals surface area contributed by atoms with Crippen LogP contribution in [0, 0.1) is 0 Å². The van der Waals surface area contributed by atoms with Crippen LogP contribution in [0.5, 0.6) is 5.75 Å². The number of aliphatic hydroxyl groups excluding tert-OH is 1. The van der Waals surface area contributed by atoms with Gasteiger partial charge in [0.05, 0.1) is 18.8 Å². The van der Waals surface area contributed by atoms with E-state index >= 15 is 0 Å². The Kier molecular flexibility index (Phi) is 5.91. The van der Waals surface area contributed by atoms with E-state index in [2.05, 4.69) is 5.32 Å². The molecule has 2 amide bonds. The molecular weight excluding hydrogens is 304 g/mol. The highest BCUT2D eigenvalue weighted by molar-refractivity contribution is 6.30. The second kappa shape index (κ2) is 7.70. The number of nitrogens with one attached hydrogen (secondary N) is 1. The summed E-state index contributed by atoms with van der Waals surface area (Å²) in [5, 5.41) is 13.0. The Morgan fingerprint density at radius 1 is 1.59 bits per heavy atom. The van der Waals surface area contributed by atoms with Gasteiger partial charge in [0.2, 0.25) is 0 Å². The second-order valence-electron chi connectivity index (χ2n) is 5.73. The molecule has 1 aromatic carbocycles. The number of amides is 2. The number of benzene rings is 1. The van der Waals surface area contributed by atoms with E-state index in [-0.39, 0.29) is 12.1 Å². The molecule has 22 heavy (non-hydrogen) atoms. The van der Waals surface area contributed by atoms with Gasteiger partial charge in [0, 0.05) is 24.2 Å². The van der Waals surface area contributed by atoms with Crippen LogP contribution < -0.4 is 10.1 Å². The Bertz CT molecular complexity index is 522. The lowest BCUT2D eigenvalue weighted by atomic mass is 10.0. The molecule has 0 aromatic heterocycles. The first-order chi connectivity index (χ1) is 10.5. The van der Waals surface area contributed by atoms with E-state index in [4.69, 9.17) is 16.3 Å². The van der Waals surface area contributed by atoms with Gasteiger partial charge in [-0.15, -0.1) is 0 Å². The molecule has 0 radical (unpaired) electrons. The number of aliphatic hydroxyl groups is 1. The highest BCUT2D eigenvalue weighted by atomic mass is 35.5. The van der Waals surface area contributed by atoms with Crippen LogP contribution in [-0.2, 0) is 0 Å². The van der Waals surface area contributed by atoms with Crippen LogP contribution in [0.25, 0.3) is 0 Å². The summed E-state index contributed by atoms with van der Waals surface area (Å²) in [5.41, 5.74) is 0.958. The van der Waals surface area contributed by atoms with E-state index in [1.54, 1.807) is 24.9 Å². The molecule has 2 atom stereocenters. The molecule has 0 aliphatic carbocycles. The van der Waals surface area contributed by atoms with Gasteiger partial charge in [-0.1, -0.05) is 17.7 Å². The van der Waals surface area contributed by atoms with Gasteiger partial charge in [-0.2, -0.15) is 0 Å². The fourth-order valence-corrected chi connectivity index (χ4v) is 2.60. The van der Waals surface area contributed by atoms with E-state index in [9.17, 15) is 9.90 Å². The van der Waals surface area contributed by atoms with Crippen LogP contribution in [0.4, 0.5) is 4.79 Å². The number of ether oxygens (including phenoxy) is 1. The molecule has 122 valence electrons. The average Bonchev–Trinajstić information content (AvgIpc) is 2.66. The smallest absolute Gasteiger partial charge is 0.317 e. The van der Waals surface area contributed by atoms with Gasteiger partial charge in [-0.3, -0.25) is 0 Å². The summed E-state index contributed by atoms with van der Waals surface area (Å²) < 4.78 is 5.70. The summed E-state index contributed by atoms with van der Waals surface area (Å²) >= 11 is 6.01. The molecular formula is C16H23ClN2O3. The molecule has 0 fully saturated rings. The van der Waals surface area contributed by atoms with E-state index in [0.717, 1.165) is 24.2 Å². The van der Waals surface area contributed by atoms with Crippen molar-refractivity contribution in [2.24, 2.45) is 0 Å². The van der Waals surface area contributed by atoms with E-state index < -0.39 is 6.10 Å². The fraction of sp³-hybridized carbons (Fsp3) is 0.562. The Morgan fingerprint density at radius 2 is 2.36 bits per heavy atom. The second-order valence-corrected chi connectivity index (χ2v) is 6.17. The number of fused-ring (bicyclic) bond motifs is 1. The molecule has 2 rings (SSSR count). The minimum Gasteiger partial charge on any atom is -0.493 e. The largest absolute Gasteiger partial charge is 0.493 e. The first-order valence-corrected chi connectivity index (χ1v) is 7.97. The van der Waals surface area contributed by atoms with Crippen molar-refractivity contribution in [1.82, 2.24) is 10.2 Å². The molecule has 6 heteroatoms. The predicted molar refractivity (Wildman–Crippen MR) is 86.4 cm³/mol. The molecule has 2 unspecified atom stereocenters. The Hall–Kier alpha value is -1.46. The molecule has 0 saturated heterocycles. The molecule has 2 N–H and O–H groups in total. The maximum Gasteiger partial charge on any atom is 0.317 e. The lowest BCUT2D eigenvalue weighted by Gasteiger charge is -2.24. The number of nitrogens with zero attached hydrogens (tertiary/aromatic N) is 1. The maximum atomic E-state index is 12.3. The fourth-order valence-electron chi connectivity index (χ4n) is 2.44. The number of hydrogen-bond acceptors (Lipinski definition) is 3. The SMILES string of the molecule is CC(O)CCN(C)C(=O)NC1CCCOc2cc(Cl)ccc21. The number of hydrogen-bond donors (Lipinski definition) is 2. The molecule has 0 spiro atoms. The molecule has 1 aliphatic rings. The summed E-state index contributed by atoms with van der Waals surface area (Å²) in [6.45, 7) is 2.85. The van der Waals surface area contributed by atoms with Gasteiger partial charge in [-0.05, 0) is 38.3 Å². The first kappa shape index (κ1) is 16.9.